The summed E-state index contributed by atoms with van der Waals surface area (Å²) in [6.45, 7) is 6.58. The summed E-state index contributed by atoms with van der Waals surface area (Å²) >= 11 is 0. The van der Waals surface area contributed by atoms with E-state index in [4.69, 9.17) is 46.5 Å². The minimum atomic E-state index is -5.08. The number of carboxylic acids is 3. The lowest BCUT2D eigenvalue weighted by atomic mass is 10.00. The standard InChI is InChI=1S/C22H27N3O3.C22H25N3O3.C20H23N3O3.2C2HF3O2/c2*1-2-28-22(27)18-12-25(14-6-7-14)20-16-5-3-4-15-10-13(23)11-24(15)19(16)9-8-17(20)21(18)26;21-11-8-13-2-1-3-14-17(22(13)9-11)7-6-15-18(14)23(12-4-5-12)10-16(19(15)24)20(25)26;2*3-2(4,5)1(6)7/h8-9,12-15H,2-7,10-11,23H2,1H3;3,5,8-9,12-15H,2,4,6-7,10-11,23H2,1H3;6-7,10-13H,1-5,8-9,21H2,(H,25,26);2*(H,6,7)/t2*13-,15+;11-,13+;;/m000../s1. The van der Waals surface area contributed by atoms with E-state index in [0.29, 0.717) is 52.4 Å². The first-order valence-electron chi connectivity index (χ1n) is 32.6. The Morgan fingerprint density at radius 1 is 0.490 bits per heavy atom. The Morgan fingerprint density at radius 3 is 1.21 bits per heavy atom. The van der Waals surface area contributed by atoms with Gasteiger partial charge >= 0.3 is 42.2 Å². The van der Waals surface area contributed by atoms with Crippen molar-refractivity contribution < 1.29 is 75.1 Å². The van der Waals surface area contributed by atoms with Gasteiger partial charge in [-0.25, -0.2) is 24.0 Å². The van der Waals surface area contributed by atoms with E-state index in [-0.39, 0.29) is 64.3 Å². The van der Waals surface area contributed by atoms with E-state index in [0.717, 1.165) is 150 Å². The molecule has 6 aliphatic heterocycles. The maximum Gasteiger partial charge on any atom is 0.490 e. The van der Waals surface area contributed by atoms with Gasteiger partial charge < -0.3 is 70.4 Å². The molecule has 0 bridgehead atoms. The van der Waals surface area contributed by atoms with Crippen LogP contribution in [0.15, 0.2) is 75.4 Å². The van der Waals surface area contributed by atoms with E-state index in [1.54, 1.807) is 32.4 Å². The number of ether oxygens (including phenoxy) is 2. The fourth-order valence-electron chi connectivity index (χ4n) is 14.6. The molecule has 6 fully saturated rings. The maximum absolute atomic E-state index is 13.1. The van der Waals surface area contributed by atoms with Crippen LogP contribution in [0.25, 0.3) is 38.8 Å². The molecule has 3 saturated heterocycles. The number of aryl methyl sites for hydroxylation is 2. The van der Waals surface area contributed by atoms with E-state index >= 15 is 0 Å². The summed E-state index contributed by atoms with van der Waals surface area (Å²) in [6, 6.07) is 14.7. The summed E-state index contributed by atoms with van der Waals surface area (Å²) in [5.74, 6) is -7.73. The normalized spacial score (nSPS) is 22.3. The van der Waals surface area contributed by atoms with E-state index < -0.39 is 42.2 Å². The van der Waals surface area contributed by atoms with Gasteiger partial charge in [-0.15, -0.1) is 0 Å². The second-order valence-electron chi connectivity index (χ2n) is 26.0. The van der Waals surface area contributed by atoms with Crippen LogP contribution in [-0.2, 0) is 31.9 Å². The molecule has 3 aromatic heterocycles. The fraction of sp³-hybridized carbons (Fsp3) is 0.500. The van der Waals surface area contributed by atoms with E-state index in [9.17, 15) is 60.2 Å². The smallest absolute Gasteiger partial charge is 0.477 e. The number of esters is 2. The number of pyridine rings is 3. The van der Waals surface area contributed by atoms with Crippen LogP contribution in [0.3, 0.4) is 0 Å². The number of hydrogen-bond donors (Lipinski definition) is 6. The van der Waals surface area contributed by atoms with E-state index in [1.807, 2.05) is 30.3 Å². The summed E-state index contributed by atoms with van der Waals surface area (Å²) < 4.78 is 80.1. The number of hydrogen-bond acceptors (Lipinski definition) is 16. The molecular formula is C68H77F6N9O13. The number of aromatic nitrogens is 3. The highest BCUT2D eigenvalue weighted by Crippen LogP contribution is 2.46. The summed E-state index contributed by atoms with van der Waals surface area (Å²) in [4.78, 5) is 100. The maximum atomic E-state index is 13.1. The summed E-state index contributed by atoms with van der Waals surface area (Å²) in [7, 11) is 0. The van der Waals surface area contributed by atoms with Gasteiger partial charge in [0.15, 0.2) is 0 Å². The largest absolute Gasteiger partial charge is 0.490 e. The first kappa shape index (κ1) is 68.6. The van der Waals surface area contributed by atoms with Crippen LogP contribution in [0.2, 0.25) is 0 Å². The third kappa shape index (κ3) is 14.1. The summed E-state index contributed by atoms with van der Waals surface area (Å²) in [5, 5.41) is 25.5. The van der Waals surface area contributed by atoms with Crippen LogP contribution in [0.5, 0.6) is 0 Å². The minimum absolute atomic E-state index is 0.125. The Balaban J connectivity index is 0.000000133. The number of anilines is 3. The Labute approximate surface area is 545 Å². The number of rotatable bonds is 8. The van der Waals surface area contributed by atoms with Crippen molar-refractivity contribution in [2.75, 3.05) is 47.5 Å². The SMILES string of the molecule is CCOC(=O)c1cn(C2CC2)c2c3c(ccc2c1=O)N1C[C@@H](N)C[C@H]1CC=C3.CCOC(=O)c1cn(C2CC2)c2c3c(ccc2c1=O)N1C[C@@H](N)C[C@H]1CCC3.N[C@H]1C[C@H]2CCCc3c(ccc4c(=O)c(C(=O)O)cn(C5CC5)c34)N2C1.O=C(O)C(F)(F)F.O=C(O)C(F)(F)F. The van der Waals surface area contributed by atoms with E-state index in [2.05, 4.69) is 46.6 Å². The van der Waals surface area contributed by atoms with E-state index in [1.165, 1.54) is 22.5 Å². The molecular weight excluding hydrogens is 1260 g/mol. The van der Waals surface area contributed by atoms with Gasteiger partial charge in [0, 0.05) is 131 Å². The molecule has 6 aromatic rings. The first-order chi connectivity index (χ1) is 45.6. The summed E-state index contributed by atoms with van der Waals surface area (Å²) in [5.41, 5.74) is 28.0. The number of halogens is 6. The molecule has 22 nitrogen and oxygen atoms in total. The average molecular weight is 1340 g/mol. The van der Waals surface area contributed by atoms with Crippen molar-refractivity contribution in [3.05, 3.63) is 125 Å². The number of fused-ring (bicyclic) bond motifs is 15. The van der Waals surface area contributed by atoms with Crippen molar-refractivity contribution in [1.82, 2.24) is 13.7 Å². The van der Waals surface area contributed by atoms with Crippen LogP contribution in [0, 0.1) is 0 Å². The molecule has 0 radical (unpaired) electrons. The Morgan fingerprint density at radius 2 is 0.833 bits per heavy atom. The van der Waals surface area contributed by atoms with Gasteiger partial charge in [0.1, 0.15) is 16.7 Å². The van der Waals surface area contributed by atoms with Gasteiger partial charge in [-0.2, -0.15) is 26.3 Å². The topological polar surface area (TPSA) is 318 Å². The molecule has 514 valence electrons. The molecule has 3 aromatic carbocycles. The van der Waals surface area contributed by atoms with Crippen molar-refractivity contribution >= 4 is 85.7 Å². The number of carbonyl (C=O) groups excluding carboxylic acids is 2. The van der Waals surface area contributed by atoms with Gasteiger partial charge in [0.25, 0.3) is 0 Å². The van der Waals surface area contributed by atoms with Gasteiger partial charge in [0.05, 0.1) is 29.8 Å². The van der Waals surface area contributed by atoms with Gasteiger partial charge in [-0.05, 0) is 164 Å². The number of nitrogens with zero attached hydrogens (tertiary/aromatic N) is 6. The van der Waals surface area contributed by atoms with Crippen LogP contribution in [0.1, 0.15) is 170 Å². The quantitative estimate of drug-likeness (QED) is 0.0611. The monoisotopic (exact) mass is 1340 g/mol. The lowest BCUT2D eigenvalue weighted by Gasteiger charge is -2.27. The highest BCUT2D eigenvalue weighted by molar-refractivity contribution is 6.00. The molecule has 28 heteroatoms. The molecule has 0 unspecified atom stereocenters. The lowest BCUT2D eigenvalue weighted by Crippen LogP contribution is -2.30. The first-order valence-corrected chi connectivity index (χ1v) is 32.6. The molecule has 0 amide bonds. The van der Waals surface area contributed by atoms with Crippen molar-refractivity contribution in [1.29, 1.82) is 0 Å². The Kier molecular flexibility index (Phi) is 19.6. The second-order valence-corrected chi connectivity index (χ2v) is 26.0. The van der Waals surface area contributed by atoms with Gasteiger partial charge in [-0.3, -0.25) is 14.4 Å². The Bertz CT molecular complexity index is 4260. The molecule has 3 aliphatic carbocycles. The highest BCUT2D eigenvalue weighted by Gasteiger charge is 2.41. The molecule has 9 N–H and O–H groups in total. The molecule has 9 aliphatic rings. The second kappa shape index (κ2) is 27.4. The molecule has 3 saturated carbocycles. The molecule has 0 spiro atoms. The fourth-order valence-corrected chi connectivity index (χ4v) is 14.6. The van der Waals surface area contributed by atoms with Crippen LogP contribution >= 0.6 is 0 Å². The lowest BCUT2D eigenvalue weighted by molar-refractivity contribution is -0.193. The third-order valence-electron chi connectivity index (χ3n) is 19.2. The van der Waals surface area contributed by atoms with Crippen molar-refractivity contribution in [3.63, 3.8) is 0 Å². The number of benzene rings is 3. The van der Waals surface area contributed by atoms with Gasteiger partial charge in [-0.1, -0.05) is 12.2 Å². The Hall–Kier alpha value is -8.76. The predicted molar refractivity (Wildman–Crippen MR) is 346 cm³/mol. The van der Waals surface area contributed by atoms with Crippen LogP contribution in [-0.4, -0.2) is 140 Å². The van der Waals surface area contributed by atoms with Crippen LogP contribution < -0.4 is 48.2 Å². The number of alkyl halides is 6. The minimum Gasteiger partial charge on any atom is -0.477 e. The van der Waals surface area contributed by atoms with Crippen molar-refractivity contribution in [2.24, 2.45) is 17.2 Å². The summed E-state index contributed by atoms with van der Waals surface area (Å²) in [6.07, 6.45) is 15.9. The molecule has 9 heterocycles. The van der Waals surface area contributed by atoms with Crippen LogP contribution in [0.4, 0.5) is 43.4 Å². The van der Waals surface area contributed by atoms with Crippen molar-refractivity contribution in [2.45, 2.75) is 183 Å². The molecule has 96 heavy (non-hydrogen) atoms. The third-order valence-corrected chi connectivity index (χ3v) is 19.2. The number of carbonyl (C=O) groups is 5. The number of nitrogens with two attached hydrogens (primary N) is 3. The zero-order valence-corrected chi connectivity index (χ0v) is 53.0. The zero-order chi connectivity index (χ0) is 69.0. The number of aromatic carboxylic acids is 1. The number of aliphatic carboxylic acids is 2. The zero-order valence-electron chi connectivity index (χ0n) is 53.0. The average Bonchev–Trinajstić information content (AvgIpc) is 1.43. The molecule has 15 rings (SSSR count). The van der Waals surface area contributed by atoms with Crippen molar-refractivity contribution in [3.8, 4) is 0 Å². The number of carboxylic acid groups (broad SMARTS) is 3. The van der Waals surface area contributed by atoms with Gasteiger partial charge in [0.2, 0.25) is 16.3 Å². The molecule has 6 atom stereocenters. The predicted octanol–water partition coefficient (Wildman–Crippen LogP) is 9.13. The highest BCUT2D eigenvalue weighted by atomic mass is 19.4.